The van der Waals surface area contributed by atoms with E-state index in [4.69, 9.17) is 14.2 Å². The van der Waals surface area contributed by atoms with Crippen LogP contribution in [0.4, 0.5) is 0 Å². The third-order valence-corrected chi connectivity index (χ3v) is 6.38. The van der Waals surface area contributed by atoms with Crippen molar-refractivity contribution < 1.29 is 49.6 Å². The molecule has 0 aromatic heterocycles. The lowest BCUT2D eigenvalue weighted by Crippen LogP contribution is -2.59. The van der Waals surface area contributed by atoms with Crippen LogP contribution in [0.2, 0.25) is 0 Å². The zero-order chi connectivity index (χ0) is 29.3. The third-order valence-electron chi connectivity index (χ3n) is 6.38. The maximum absolute atomic E-state index is 12.1. The number of allylic oxidation sites excluding steroid dienone is 7. The summed E-state index contributed by atoms with van der Waals surface area (Å²) < 4.78 is 16.7. The molecule has 0 saturated carbocycles. The Bertz CT molecular complexity index is 906. The van der Waals surface area contributed by atoms with Crippen LogP contribution < -0.4 is 0 Å². The van der Waals surface area contributed by atoms with Crippen molar-refractivity contribution in [1.29, 1.82) is 0 Å². The first-order valence-electron chi connectivity index (χ1n) is 13.7. The Morgan fingerprint density at radius 2 is 1.57 bits per heavy atom. The van der Waals surface area contributed by atoms with Crippen molar-refractivity contribution in [3.63, 3.8) is 0 Å². The minimum atomic E-state index is -1.57. The van der Waals surface area contributed by atoms with E-state index in [2.05, 4.69) is 0 Å². The summed E-state index contributed by atoms with van der Waals surface area (Å²) in [5.74, 6) is -0.458. The average molecular weight is 565 g/mol. The van der Waals surface area contributed by atoms with Gasteiger partial charge in [0.05, 0.1) is 31.0 Å². The summed E-state index contributed by atoms with van der Waals surface area (Å²) in [5, 5.41) is 60.2. The maximum atomic E-state index is 12.1. The summed E-state index contributed by atoms with van der Waals surface area (Å²) in [5.41, 5.74) is 0. The van der Waals surface area contributed by atoms with Crippen molar-refractivity contribution >= 4 is 5.97 Å². The Kier molecular flexibility index (Phi) is 15.9. The maximum Gasteiger partial charge on any atom is 0.331 e. The lowest BCUT2D eigenvalue weighted by atomic mass is 9.99. The number of aliphatic hydroxyl groups is 6. The van der Waals surface area contributed by atoms with Gasteiger partial charge >= 0.3 is 5.97 Å². The van der Waals surface area contributed by atoms with Crippen molar-refractivity contribution in [3.05, 3.63) is 72.9 Å². The van der Waals surface area contributed by atoms with Crippen LogP contribution in [-0.4, -0.2) is 98.3 Å². The molecule has 2 aliphatic rings. The molecule has 2 heterocycles. The van der Waals surface area contributed by atoms with Crippen molar-refractivity contribution in [3.8, 4) is 0 Å². The fraction of sp³-hybridized carbons (Fsp3) is 0.567. The topological polar surface area (TPSA) is 166 Å². The van der Waals surface area contributed by atoms with Crippen LogP contribution in [-0.2, 0) is 19.0 Å². The molecule has 0 bridgehead atoms. The molecule has 0 aliphatic carbocycles. The highest BCUT2D eigenvalue weighted by atomic mass is 16.7. The predicted octanol–water partition coefficient (Wildman–Crippen LogP) is 1.52. The van der Waals surface area contributed by atoms with Gasteiger partial charge in [0.15, 0.2) is 6.29 Å². The van der Waals surface area contributed by atoms with Crippen LogP contribution in [0.5, 0.6) is 0 Å². The van der Waals surface area contributed by atoms with Crippen LogP contribution in [0.1, 0.15) is 45.4 Å². The molecule has 2 aliphatic heterocycles. The summed E-state index contributed by atoms with van der Waals surface area (Å²) in [7, 11) is 0. The van der Waals surface area contributed by atoms with Crippen molar-refractivity contribution in [2.24, 2.45) is 0 Å². The van der Waals surface area contributed by atoms with Crippen molar-refractivity contribution in [1.82, 2.24) is 0 Å². The summed E-state index contributed by atoms with van der Waals surface area (Å²) >= 11 is 0. The zero-order valence-corrected chi connectivity index (χ0v) is 22.9. The largest absolute Gasteiger partial charge is 0.460 e. The molecule has 0 aromatic carbocycles. The summed E-state index contributed by atoms with van der Waals surface area (Å²) in [6.07, 6.45) is 13.9. The second-order valence-electron chi connectivity index (χ2n) is 9.89. The van der Waals surface area contributed by atoms with Gasteiger partial charge in [0.25, 0.3) is 0 Å². The van der Waals surface area contributed by atoms with Gasteiger partial charge in [0.1, 0.15) is 24.4 Å². The van der Waals surface area contributed by atoms with Gasteiger partial charge in [-0.05, 0) is 39.0 Å². The van der Waals surface area contributed by atoms with Crippen molar-refractivity contribution in [2.75, 3.05) is 6.61 Å². The Hall–Kier alpha value is -2.41. The molecular formula is C30H44O10. The molecule has 2 rings (SSSR count). The molecule has 10 heteroatoms. The Labute approximate surface area is 235 Å². The van der Waals surface area contributed by atoms with E-state index in [9.17, 15) is 35.4 Å². The van der Waals surface area contributed by atoms with Gasteiger partial charge in [-0.2, -0.15) is 0 Å². The summed E-state index contributed by atoms with van der Waals surface area (Å²) in [4.78, 5) is 12.1. The van der Waals surface area contributed by atoms with E-state index in [1.54, 1.807) is 54.7 Å². The zero-order valence-electron chi connectivity index (χ0n) is 22.9. The first kappa shape index (κ1) is 33.8. The Balaban J connectivity index is 2.12. The SMILES string of the molecule is C[C@@H]1CCC/C=C/C=C/[C@H](O)C[C@@H](O)C/C=C/C=C/[C@@H](O[C@H]2O[C@@H](CO)[C@H](O)[C@@H](O)[C@@H]2O)C/C=C/C=C\C(=O)O1. The second-order valence-corrected chi connectivity index (χ2v) is 9.89. The lowest BCUT2D eigenvalue weighted by Gasteiger charge is -2.40. The second kappa shape index (κ2) is 18.8. The standard InChI is InChI=1S/C30H44O10/c1-21-13-7-3-2-4-8-14-22(32)19-23(33)15-9-5-10-16-24(17-11-6-12-18-26(34)38-21)39-30-29(37)28(36)27(35)25(20-31)40-30/h2,4-6,8-12,14,16,18,21-25,27-33,35-37H,3,7,13,15,17,19-20H2,1H3/b4-2+,9-5+,11-6+,14-8+,16-10+,18-12-/t21-,22+,23+,24-,25+,27+,28-,29+,30+/m1/s1. The minimum absolute atomic E-state index is 0.183. The number of ether oxygens (including phenoxy) is 3. The Morgan fingerprint density at radius 1 is 0.875 bits per heavy atom. The van der Waals surface area contributed by atoms with Crippen LogP contribution in [0.25, 0.3) is 0 Å². The van der Waals surface area contributed by atoms with Crippen LogP contribution in [0.3, 0.4) is 0 Å². The summed E-state index contributed by atoms with van der Waals surface area (Å²) in [6, 6.07) is 0. The Morgan fingerprint density at radius 3 is 2.35 bits per heavy atom. The first-order valence-corrected chi connectivity index (χ1v) is 13.7. The first-order chi connectivity index (χ1) is 19.2. The predicted molar refractivity (Wildman–Crippen MR) is 149 cm³/mol. The number of rotatable bonds is 3. The van der Waals surface area contributed by atoms with Crippen LogP contribution >= 0.6 is 0 Å². The van der Waals surface area contributed by atoms with E-state index < -0.39 is 61.6 Å². The molecule has 0 unspecified atom stereocenters. The van der Waals surface area contributed by atoms with E-state index in [-0.39, 0.29) is 12.5 Å². The lowest BCUT2D eigenvalue weighted by molar-refractivity contribution is -0.307. The quantitative estimate of drug-likeness (QED) is 0.277. The van der Waals surface area contributed by atoms with E-state index in [1.165, 1.54) is 6.08 Å². The molecule has 10 nitrogen and oxygen atoms in total. The highest BCUT2D eigenvalue weighted by Crippen LogP contribution is 2.24. The molecule has 0 aromatic rings. The van der Waals surface area contributed by atoms with E-state index in [1.807, 2.05) is 19.1 Å². The van der Waals surface area contributed by atoms with Gasteiger partial charge in [-0.3, -0.25) is 0 Å². The number of esters is 1. The molecule has 6 N–H and O–H groups in total. The number of aliphatic hydroxyl groups excluding tert-OH is 6. The molecule has 1 fully saturated rings. The highest BCUT2D eigenvalue weighted by Gasteiger charge is 2.44. The third kappa shape index (κ3) is 12.8. The number of carbonyl (C=O) groups excluding carboxylic acids is 1. The van der Waals surface area contributed by atoms with Crippen LogP contribution in [0.15, 0.2) is 72.9 Å². The van der Waals surface area contributed by atoms with Gasteiger partial charge in [-0.1, -0.05) is 66.8 Å². The number of cyclic esters (lactones) is 1. The average Bonchev–Trinajstić information content (AvgIpc) is 2.91. The van der Waals surface area contributed by atoms with Crippen molar-refractivity contribution in [2.45, 2.75) is 101 Å². The van der Waals surface area contributed by atoms with E-state index >= 15 is 0 Å². The van der Waals surface area contributed by atoms with Gasteiger partial charge < -0.3 is 44.8 Å². The fourth-order valence-electron chi connectivity index (χ4n) is 4.10. The monoisotopic (exact) mass is 564 g/mol. The number of hydrogen-bond donors (Lipinski definition) is 6. The normalized spacial score (nSPS) is 40.6. The molecule has 224 valence electrons. The molecule has 0 spiro atoms. The molecule has 40 heavy (non-hydrogen) atoms. The molecule has 9 atom stereocenters. The number of hydrogen-bond acceptors (Lipinski definition) is 10. The van der Waals surface area contributed by atoms with Crippen LogP contribution in [0, 0.1) is 0 Å². The van der Waals surface area contributed by atoms with Gasteiger partial charge in [-0.25, -0.2) is 4.79 Å². The molecule has 0 amide bonds. The minimum Gasteiger partial charge on any atom is -0.460 e. The van der Waals surface area contributed by atoms with Gasteiger partial charge in [0.2, 0.25) is 0 Å². The fourth-order valence-corrected chi connectivity index (χ4v) is 4.10. The van der Waals surface area contributed by atoms with Gasteiger partial charge in [0, 0.05) is 12.5 Å². The highest BCUT2D eigenvalue weighted by molar-refractivity contribution is 5.82. The summed E-state index contributed by atoms with van der Waals surface area (Å²) in [6.45, 7) is 1.26. The molecular weight excluding hydrogens is 520 g/mol. The smallest absolute Gasteiger partial charge is 0.331 e. The van der Waals surface area contributed by atoms with Gasteiger partial charge in [-0.15, -0.1) is 0 Å². The van der Waals surface area contributed by atoms with E-state index in [0.717, 1.165) is 12.8 Å². The molecule has 1 saturated heterocycles. The molecule has 0 radical (unpaired) electrons. The van der Waals surface area contributed by atoms with E-state index in [0.29, 0.717) is 19.3 Å². The number of carbonyl (C=O) groups is 1.